The Labute approximate surface area is 300 Å². The molecular formula is C40H44N5O5S+. The van der Waals surface area contributed by atoms with Crippen molar-refractivity contribution in [2.45, 2.75) is 50.9 Å². The Morgan fingerprint density at radius 1 is 1.02 bits per heavy atom. The first-order valence-electron chi connectivity index (χ1n) is 17.4. The van der Waals surface area contributed by atoms with Crippen molar-refractivity contribution in [3.63, 3.8) is 0 Å². The smallest absolute Gasteiger partial charge is 0.274 e. The molecule has 4 heterocycles. The van der Waals surface area contributed by atoms with Crippen LogP contribution in [0, 0.1) is 0 Å². The van der Waals surface area contributed by atoms with Gasteiger partial charge in [0.1, 0.15) is 35.5 Å². The summed E-state index contributed by atoms with van der Waals surface area (Å²) < 4.78 is 15.1. The topological polar surface area (TPSA) is 108 Å². The van der Waals surface area contributed by atoms with E-state index in [1.54, 1.807) is 40.9 Å². The van der Waals surface area contributed by atoms with Crippen LogP contribution in [0.2, 0.25) is 0 Å². The van der Waals surface area contributed by atoms with E-state index in [2.05, 4.69) is 49.5 Å². The Balaban J connectivity index is 1.26. The van der Waals surface area contributed by atoms with Crippen LogP contribution in [0.4, 0.5) is 11.5 Å². The van der Waals surface area contributed by atoms with Crippen LogP contribution < -0.4 is 16.4 Å². The fraction of sp³-hybridized carbons (Fsp3) is 0.350. The second-order valence-electron chi connectivity index (χ2n) is 14.3. The predicted molar refractivity (Wildman–Crippen MR) is 204 cm³/mol. The Kier molecular flexibility index (Phi) is 9.62. The number of carbonyl (C=O) groups excluding carboxylic acids is 1. The van der Waals surface area contributed by atoms with Crippen LogP contribution in [-0.2, 0) is 33.8 Å². The first-order valence-corrected chi connectivity index (χ1v) is 18.9. The van der Waals surface area contributed by atoms with Crippen molar-refractivity contribution in [1.82, 2.24) is 19.0 Å². The summed E-state index contributed by atoms with van der Waals surface area (Å²) in [5.41, 5.74) is 4.94. The van der Waals surface area contributed by atoms with Crippen LogP contribution >= 0.6 is 0 Å². The van der Waals surface area contributed by atoms with Gasteiger partial charge in [-0.05, 0) is 92.4 Å². The minimum atomic E-state index is -0.389. The summed E-state index contributed by atoms with van der Waals surface area (Å²) >= 11 is -0.389. The number of nitrogens with one attached hydrogen (secondary N) is 1. The Morgan fingerprint density at radius 3 is 2.51 bits per heavy atom. The van der Waals surface area contributed by atoms with E-state index in [-0.39, 0.29) is 39.6 Å². The third-order valence-corrected chi connectivity index (χ3v) is 11.9. The highest BCUT2D eigenvalue weighted by atomic mass is 32.2. The van der Waals surface area contributed by atoms with Gasteiger partial charge in [0, 0.05) is 55.2 Å². The van der Waals surface area contributed by atoms with Gasteiger partial charge in [-0.1, -0.05) is 24.3 Å². The monoisotopic (exact) mass is 706 g/mol. The van der Waals surface area contributed by atoms with E-state index in [9.17, 15) is 14.4 Å². The van der Waals surface area contributed by atoms with Crippen molar-refractivity contribution in [2.24, 2.45) is 7.05 Å². The number of carbonyl (C=O) groups is 1. The van der Waals surface area contributed by atoms with Crippen LogP contribution in [0.5, 0.6) is 0 Å². The number of pyridine rings is 3. The third-order valence-electron chi connectivity index (χ3n) is 9.70. The van der Waals surface area contributed by atoms with Crippen molar-refractivity contribution in [1.29, 1.82) is 0 Å². The lowest BCUT2D eigenvalue weighted by Crippen LogP contribution is -2.40. The summed E-state index contributed by atoms with van der Waals surface area (Å²) in [7, 11) is 1.71. The molecule has 1 amide bonds. The van der Waals surface area contributed by atoms with Gasteiger partial charge in [-0.3, -0.25) is 19.0 Å². The number of aryl methyl sites for hydroxylation is 1. The van der Waals surface area contributed by atoms with Crippen molar-refractivity contribution >= 4 is 39.4 Å². The van der Waals surface area contributed by atoms with E-state index >= 15 is 0 Å². The molecule has 11 heteroatoms. The number of ether oxygens (including phenoxy) is 1. The van der Waals surface area contributed by atoms with Crippen LogP contribution in [0.15, 0.2) is 88.8 Å². The predicted octanol–water partition coefficient (Wildman–Crippen LogP) is 6.32. The molecule has 0 bridgehead atoms. The molecule has 0 spiro atoms. The molecule has 2 aromatic carbocycles. The van der Waals surface area contributed by atoms with Crippen LogP contribution in [-0.4, -0.2) is 62.2 Å². The van der Waals surface area contributed by atoms with Crippen molar-refractivity contribution in [3.05, 3.63) is 117 Å². The number of aromatic nitrogens is 3. The lowest BCUT2D eigenvalue weighted by Gasteiger charge is -2.26. The molecule has 2 aliphatic rings. The molecule has 2 fully saturated rings. The highest BCUT2D eigenvalue weighted by Gasteiger charge is 2.33. The number of hydrogen-bond acceptors (Lipinski definition) is 7. The van der Waals surface area contributed by atoms with E-state index in [1.807, 2.05) is 36.5 Å². The fourth-order valence-corrected chi connectivity index (χ4v) is 6.95. The second kappa shape index (κ2) is 14.1. The summed E-state index contributed by atoms with van der Waals surface area (Å²) in [6.07, 6.45) is 9.67. The van der Waals surface area contributed by atoms with E-state index in [1.165, 1.54) is 29.2 Å². The molecule has 0 radical (unpaired) electrons. The summed E-state index contributed by atoms with van der Waals surface area (Å²) in [4.78, 5) is 46.6. The largest absolute Gasteiger partial charge is 0.378 e. The number of amides is 1. The number of anilines is 2. The number of fused-ring (bicyclic) bond motifs is 1. The van der Waals surface area contributed by atoms with E-state index in [0.717, 1.165) is 27.8 Å². The third kappa shape index (κ3) is 7.37. The van der Waals surface area contributed by atoms with Crippen LogP contribution in [0.3, 0.4) is 0 Å². The normalized spacial score (nSPS) is 15.6. The Hall–Kier alpha value is -4.71. The van der Waals surface area contributed by atoms with Gasteiger partial charge in [0.25, 0.3) is 17.0 Å². The molecule has 3 aromatic heterocycles. The van der Waals surface area contributed by atoms with Gasteiger partial charge in [-0.15, -0.1) is 0 Å². The summed E-state index contributed by atoms with van der Waals surface area (Å²) in [6.45, 7) is 8.84. The van der Waals surface area contributed by atoms with Crippen LogP contribution in [0.1, 0.15) is 61.0 Å². The second-order valence-corrected chi connectivity index (χ2v) is 16.6. The molecule has 51 heavy (non-hydrogen) atoms. The average molecular weight is 707 g/mol. The van der Waals surface area contributed by atoms with Crippen LogP contribution in [0.25, 0.3) is 27.6 Å². The number of benzene rings is 2. The first-order chi connectivity index (χ1) is 24.5. The van der Waals surface area contributed by atoms with Crippen molar-refractivity contribution < 1.29 is 13.7 Å². The van der Waals surface area contributed by atoms with Gasteiger partial charge in [0.2, 0.25) is 0 Å². The minimum Gasteiger partial charge on any atom is -0.378 e. The summed E-state index contributed by atoms with van der Waals surface area (Å²) in [6, 6.07) is 19.3. The molecule has 1 aliphatic carbocycles. The molecule has 1 saturated carbocycles. The quantitative estimate of drug-likeness (QED) is 0.179. The number of hydrogen-bond donors (Lipinski definition) is 1. The highest BCUT2D eigenvalue weighted by Crippen LogP contribution is 2.40. The molecule has 10 nitrogen and oxygen atoms in total. The van der Waals surface area contributed by atoms with Crippen molar-refractivity contribution in [3.8, 4) is 16.8 Å². The van der Waals surface area contributed by atoms with Gasteiger partial charge in [0.15, 0.2) is 4.75 Å². The van der Waals surface area contributed by atoms with Crippen molar-refractivity contribution in [2.75, 3.05) is 37.9 Å². The standard InChI is InChI=1S/C40H43N5O5S/c1-40(2,3)51(5)50-25-33-31(7-6-8-35(33)45-16-15-28-21-27(26-9-10-26)11-13-32(28)38(45)47)30-22-34(39(48)43(4)24-30)42-36-14-12-29(23-41-36)37(46)44-17-19-49-20-18-44/h6-8,11-16,21-24,26H,9-10,17-20,25H2,1-5H3/p+1. The highest BCUT2D eigenvalue weighted by molar-refractivity contribution is 7.92. The van der Waals surface area contributed by atoms with Gasteiger partial charge in [-0.2, -0.15) is 4.18 Å². The maximum atomic E-state index is 14.1. The van der Waals surface area contributed by atoms with Gasteiger partial charge >= 0.3 is 0 Å². The zero-order valence-corrected chi connectivity index (χ0v) is 30.6. The zero-order chi connectivity index (χ0) is 35.9. The number of nitrogens with zero attached hydrogens (tertiary/aromatic N) is 4. The van der Waals surface area contributed by atoms with E-state index in [4.69, 9.17) is 8.92 Å². The molecule has 1 atom stereocenters. The average Bonchev–Trinajstić information content (AvgIpc) is 3.98. The number of rotatable bonds is 9. The molecule has 1 N–H and O–H groups in total. The van der Waals surface area contributed by atoms with E-state index in [0.29, 0.717) is 54.7 Å². The molecule has 1 unspecified atom stereocenters. The molecule has 5 aromatic rings. The lowest BCUT2D eigenvalue weighted by atomic mass is 9.98. The Morgan fingerprint density at radius 2 is 1.80 bits per heavy atom. The first kappa shape index (κ1) is 34.7. The molecule has 1 saturated heterocycles. The lowest BCUT2D eigenvalue weighted by molar-refractivity contribution is 0.0302. The van der Waals surface area contributed by atoms with Gasteiger partial charge in [-0.25, -0.2) is 4.98 Å². The molecule has 264 valence electrons. The maximum Gasteiger partial charge on any atom is 0.274 e. The summed E-state index contributed by atoms with van der Waals surface area (Å²) in [5.74, 6) is 0.941. The zero-order valence-electron chi connectivity index (χ0n) is 29.8. The van der Waals surface area contributed by atoms with Gasteiger partial charge in [0.05, 0.1) is 24.5 Å². The number of morpholine rings is 1. The molecule has 1 aliphatic heterocycles. The maximum absolute atomic E-state index is 14.1. The summed E-state index contributed by atoms with van der Waals surface area (Å²) in [5, 5.41) is 4.79. The molecular weight excluding hydrogens is 663 g/mol. The minimum absolute atomic E-state index is 0.0722. The van der Waals surface area contributed by atoms with Gasteiger partial charge < -0.3 is 19.5 Å². The Bertz CT molecular complexity index is 2210. The van der Waals surface area contributed by atoms with E-state index < -0.39 is 0 Å². The fourth-order valence-electron chi connectivity index (χ4n) is 6.30. The SMILES string of the molecule is Cn1cc(-c2cccc(-n3ccc4cc(C5CC5)ccc4c3=O)c2CO[S+](C)C(C)(C)C)cc(Nc2ccc(C(=O)N3CCOCC3)cn2)c1=O. The molecule has 7 rings (SSSR count).